The Bertz CT molecular complexity index is 358. The molecule has 7 nitrogen and oxygen atoms in total. The molecule has 0 heterocycles. The number of carboxylic acids is 1. The molecule has 0 aliphatic rings. The van der Waals surface area contributed by atoms with Crippen molar-refractivity contribution in [3.63, 3.8) is 0 Å². The highest BCUT2D eigenvalue weighted by molar-refractivity contribution is 5.80. The summed E-state index contributed by atoms with van der Waals surface area (Å²) in [6, 6.07) is -1.19. The maximum Gasteiger partial charge on any atom is 0.408 e. The van der Waals surface area contributed by atoms with E-state index in [0.29, 0.717) is 0 Å². The number of aliphatic carboxylic acids is 1. The van der Waals surface area contributed by atoms with Crippen molar-refractivity contribution >= 4 is 18.0 Å². The van der Waals surface area contributed by atoms with E-state index in [2.05, 4.69) is 5.32 Å². The van der Waals surface area contributed by atoms with E-state index >= 15 is 0 Å². The van der Waals surface area contributed by atoms with Gasteiger partial charge in [-0.2, -0.15) is 0 Å². The number of hydrogen-bond donors (Lipinski definition) is 2. The first-order chi connectivity index (χ1) is 9.01. The molecule has 0 bridgehead atoms. The van der Waals surface area contributed by atoms with Gasteiger partial charge in [0, 0.05) is 6.42 Å². The summed E-state index contributed by atoms with van der Waals surface area (Å²) < 4.78 is 9.85. The van der Waals surface area contributed by atoms with Crippen molar-refractivity contribution in [2.24, 2.45) is 0 Å². The van der Waals surface area contributed by atoms with E-state index in [1.165, 1.54) is 0 Å². The Kier molecular flexibility index (Phi) is 7.02. The van der Waals surface area contributed by atoms with E-state index in [9.17, 15) is 14.4 Å². The van der Waals surface area contributed by atoms with Gasteiger partial charge in [-0.3, -0.25) is 4.79 Å². The lowest BCUT2D eigenvalue weighted by atomic mass is 10.1. The van der Waals surface area contributed by atoms with Gasteiger partial charge in [-0.1, -0.05) is 0 Å². The Morgan fingerprint density at radius 1 is 1.20 bits per heavy atom. The second-order valence-electron chi connectivity index (χ2n) is 5.61. The summed E-state index contributed by atoms with van der Waals surface area (Å²) in [4.78, 5) is 33.8. The third-order valence-corrected chi connectivity index (χ3v) is 1.99. The van der Waals surface area contributed by atoms with Crippen molar-refractivity contribution in [1.82, 2.24) is 5.32 Å². The number of ether oxygens (including phenoxy) is 2. The lowest BCUT2D eigenvalue weighted by molar-refractivity contribution is -0.155. The fourth-order valence-corrected chi connectivity index (χ4v) is 1.30. The van der Waals surface area contributed by atoms with Gasteiger partial charge in [-0.05, 0) is 41.0 Å². The summed E-state index contributed by atoms with van der Waals surface area (Å²) in [5, 5.41) is 11.2. The maximum atomic E-state index is 11.5. The van der Waals surface area contributed by atoms with Crippen LogP contribution in [0.15, 0.2) is 0 Å². The fraction of sp³-hybridized carbons (Fsp3) is 0.769. The monoisotopic (exact) mass is 289 g/mol. The first kappa shape index (κ1) is 18.2. The van der Waals surface area contributed by atoms with Gasteiger partial charge in [0.15, 0.2) is 0 Å². The molecule has 0 aromatic rings. The Hall–Kier alpha value is -1.79. The smallest absolute Gasteiger partial charge is 0.408 e. The van der Waals surface area contributed by atoms with Crippen LogP contribution in [0.5, 0.6) is 0 Å². The molecular formula is C13H23NO6. The molecule has 0 radical (unpaired) electrons. The quantitative estimate of drug-likeness (QED) is 0.721. The van der Waals surface area contributed by atoms with Gasteiger partial charge in [0.05, 0.1) is 6.10 Å². The Morgan fingerprint density at radius 2 is 1.75 bits per heavy atom. The van der Waals surface area contributed by atoms with Gasteiger partial charge in [0.2, 0.25) is 0 Å². The van der Waals surface area contributed by atoms with Crippen molar-refractivity contribution in [3.05, 3.63) is 0 Å². The van der Waals surface area contributed by atoms with E-state index in [-0.39, 0.29) is 18.9 Å². The molecule has 0 fully saturated rings. The van der Waals surface area contributed by atoms with Gasteiger partial charge in [-0.25, -0.2) is 9.59 Å². The second kappa shape index (κ2) is 7.72. The minimum atomic E-state index is -1.23. The van der Waals surface area contributed by atoms with Crippen LogP contribution in [0.1, 0.15) is 47.5 Å². The van der Waals surface area contributed by atoms with Crippen LogP contribution in [0.4, 0.5) is 4.79 Å². The lowest BCUT2D eigenvalue weighted by Gasteiger charge is -2.20. The molecule has 0 unspecified atom stereocenters. The molecule has 2 N–H and O–H groups in total. The summed E-state index contributed by atoms with van der Waals surface area (Å²) in [7, 11) is 0. The molecular weight excluding hydrogens is 266 g/mol. The van der Waals surface area contributed by atoms with Crippen LogP contribution in [0.25, 0.3) is 0 Å². The fourth-order valence-electron chi connectivity index (χ4n) is 1.30. The molecule has 1 atom stereocenters. The molecule has 0 saturated heterocycles. The molecule has 7 heteroatoms. The summed E-state index contributed by atoms with van der Waals surface area (Å²) in [5.41, 5.74) is -0.625. The lowest BCUT2D eigenvalue weighted by Crippen LogP contribution is -2.42. The van der Waals surface area contributed by atoms with Crippen LogP contribution in [-0.4, -0.2) is 40.9 Å². The standard InChI is InChI=1S/C13H23NO6/c1-8(2)19-12(18)14-9(11(16)17)6-7-10(15)20-13(3,4)5/h8-9H,6-7H2,1-5H3,(H,14,18)(H,16,17)/t9-/m1/s1. The predicted molar refractivity (Wildman–Crippen MR) is 71.3 cm³/mol. The Morgan fingerprint density at radius 3 is 2.15 bits per heavy atom. The van der Waals surface area contributed by atoms with Gasteiger partial charge in [0.25, 0.3) is 0 Å². The first-order valence-electron chi connectivity index (χ1n) is 6.43. The zero-order valence-electron chi connectivity index (χ0n) is 12.6. The van der Waals surface area contributed by atoms with E-state index in [1.807, 2.05) is 0 Å². The van der Waals surface area contributed by atoms with Gasteiger partial charge >= 0.3 is 18.0 Å². The van der Waals surface area contributed by atoms with Crippen LogP contribution in [-0.2, 0) is 19.1 Å². The summed E-state index contributed by atoms with van der Waals surface area (Å²) in [6.07, 6.45) is -1.33. The van der Waals surface area contributed by atoms with E-state index < -0.39 is 29.7 Å². The third-order valence-electron chi connectivity index (χ3n) is 1.99. The minimum absolute atomic E-state index is 0.0581. The largest absolute Gasteiger partial charge is 0.480 e. The van der Waals surface area contributed by atoms with E-state index in [1.54, 1.807) is 34.6 Å². The van der Waals surface area contributed by atoms with Gasteiger partial charge in [0.1, 0.15) is 11.6 Å². The summed E-state index contributed by atoms with van der Waals surface area (Å²) in [6.45, 7) is 8.46. The van der Waals surface area contributed by atoms with Gasteiger partial charge in [-0.15, -0.1) is 0 Å². The predicted octanol–water partition coefficient (Wildman–Crippen LogP) is 1.70. The minimum Gasteiger partial charge on any atom is -0.480 e. The van der Waals surface area contributed by atoms with Crippen molar-refractivity contribution in [2.75, 3.05) is 0 Å². The average molecular weight is 289 g/mol. The van der Waals surface area contributed by atoms with Crippen molar-refractivity contribution in [3.8, 4) is 0 Å². The SMILES string of the molecule is CC(C)OC(=O)N[C@H](CCC(=O)OC(C)(C)C)C(=O)O. The Labute approximate surface area is 118 Å². The number of alkyl carbamates (subject to hydrolysis) is 1. The number of carbonyl (C=O) groups excluding carboxylic acids is 2. The molecule has 0 aromatic heterocycles. The van der Waals surface area contributed by atoms with Crippen LogP contribution >= 0.6 is 0 Å². The highest BCUT2D eigenvalue weighted by atomic mass is 16.6. The van der Waals surface area contributed by atoms with Crippen LogP contribution in [0, 0.1) is 0 Å². The van der Waals surface area contributed by atoms with Crippen molar-refractivity contribution < 1.29 is 29.0 Å². The van der Waals surface area contributed by atoms with Crippen molar-refractivity contribution in [2.45, 2.75) is 65.2 Å². The van der Waals surface area contributed by atoms with Gasteiger partial charge < -0.3 is 19.9 Å². The molecule has 0 aromatic carbocycles. The molecule has 20 heavy (non-hydrogen) atoms. The maximum absolute atomic E-state index is 11.5. The molecule has 0 aliphatic heterocycles. The normalized spacial score (nSPS) is 12.7. The number of nitrogens with one attached hydrogen (secondary N) is 1. The van der Waals surface area contributed by atoms with Crippen LogP contribution in [0.3, 0.4) is 0 Å². The number of rotatable bonds is 6. The zero-order chi connectivity index (χ0) is 15.9. The molecule has 0 aliphatic carbocycles. The molecule has 0 spiro atoms. The molecule has 1 amide bonds. The molecule has 0 saturated carbocycles. The third kappa shape index (κ3) is 9.18. The van der Waals surface area contributed by atoms with Crippen LogP contribution < -0.4 is 5.32 Å². The second-order valence-corrected chi connectivity index (χ2v) is 5.61. The zero-order valence-corrected chi connectivity index (χ0v) is 12.6. The number of carbonyl (C=O) groups is 3. The average Bonchev–Trinajstić information content (AvgIpc) is 2.19. The first-order valence-corrected chi connectivity index (χ1v) is 6.43. The number of amides is 1. The summed E-state index contributed by atoms with van der Waals surface area (Å²) >= 11 is 0. The number of hydrogen-bond acceptors (Lipinski definition) is 5. The number of carboxylic acid groups (broad SMARTS) is 1. The molecule has 116 valence electrons. The van der Waals surface area contributed by atoms with Crippen LogP contribution in [0.2, 0.25) is 0 Å². The number of esters is 1. The highest BCUT2D eigenvalue weighted by Crippen LogP contribution is 2.10. The topological polar surface area (TPSA) is 102 Å². The molecule has 0 rings (SSSR count). The Balaban J connectivity index is 4.32. The highest BCUT2D eigenvalue weighted by Gasteiger charge is 2.24. The van der Waals surface area contributed by atoms with E-state index in [0.717, 1.165) is 0 Å². The van der Waals surface area contributed by atoms with Crippen molar-refractivity contribution in [1.29, 1.82) is 0 Å². The summed E-state index contributed by atoms with van der Waals surface area (Å²) in [5.74, 6) is -1.74. The van der Waals surface area contributed by atoms with E-state index in [4.69, 9.17) is 14.6 Å².